The summed E-state index contributed by atoms with van der Waals surface area (Å²) < 4.78 is 4.12. The lowest BCUT2D eigenvalue weighted by Gasteiger charge is -2.06. The summed E-state index contributed by atoms with van der Waals surface area (Å²) in [6.45, 7) is 0. The number of nitrogens with zero attached hydrogens (tertiary/aromatic N) is 3. The third-order valence-corrected chi connectivity index (χ3v) is 3.76. The van der Waals surface area contributed by atoms with E-state index in [-0.39, 0.29) is 0 Å². The maximum absolute atomic E-state index is 5.53. The smallest absolute Gasteiger partial charge is 0.237 e. The van der Waals surface area contributed by atoms with Gasteiger partial charge in [-0.3, -0.25) is 4.99 Å². The molecule has 0 N–H and O–H groups in total. The highest BCUT2D eigenvalue weighted by atomic mass is 32.1. The van der Waals surface area contributed by atoms with E-state index in [0.717, 1.165) is 22.3 Å². The van der Waals surface area contributed by atoms with Crippen molar-refractivity contribution in [1.29, 1.82) is 0 Å². The molecule has 0 unspecified atom stereocenters. The molecule has 100 valence electrons. The van der Waals surface area contributed by atoms with Crippen LogP contribution in [0.5, 0.6) is 0 Å². The monoisotopic (exact) mass is 281 g/mol. The third kappa shape index (κ3) is 2.08. The van der Waals surface area contributed by atoms with Gasteiger partial charge in [0.05, 0.1) is 18.1 Å². The second-order valence-corrected chi connectivity index (χ2v) is 5.05. The van der Waals surface area contributed by atoms with Gasteiger partial charge in [-0.25, -0.2) is 0 Å². The Bertz CT molecular complexity index is 788. The maximum Gasteiger partial charge on any atom is 0.237 e. The van der Waals surface area contributed by atoms with Crippen LogP contribution in [-0.4, -0.2) is 9.73 Å². The molecule has 0 spiro atoms. The van der Waals surface area contributed by atoms with Crippen LogP contribution in [0.2, 0.25) is 0 Å². The van der Waals surface area contributed by atoms with Crippen molar-refractivity contribution >= 4 is 34.3 Å². The molecule has 0 aliphatic carbocycles. The molecule has 0 amide bonds. The van der Waals surface area contributed by atoms with Crippen LogP contribution in [0, 0.1) is 0 Å². The van der Waals surface area contributed by atoms with Gasteiger partial charge in [-0.15, -0.1) is 4.68 Å². The zero-order valence-electron chi connectivity index (χ0n) is 11.4. The lowest BCUT2D eigenvalue weighted by molar-refractivity contribution is -0.749. The second kappa shape index (κ2) is 5.06. The Labute approximate surface area is 123 Å². The zero-order valence-corrected chi connectivity index (χ0v) is 12.3. The topological polar surface area (TPSA) is 21.2 Å². The third-order valence-electron chi connectivity index (χ3n) is 3.47. The van der Waals surface area contributed by atoms with Gasteiger partial charge in [0.1, 0.15) is 5.52 Å². The molecule has 0 radical (unpaired) electrons. The summed E-state index contributed by atoms with van der Waals surface area (Å²) in [6.07, 6.45) is 0. The predicted octanol–water partition coefficient (Wildman–Crippen LogP) is 2.63. The van der Waals surface area contributed by atoms with Crippen LogP contribution in [0.4, 0.5) is 5.69 Å². The van der Waals surface area contributed by atoms with Crippen LogP contribution in [0.1, 0.15) is 5.69 Å². The number of fused-ring (bicyclic) bond motifs is 1. The van der Waals surface area contributed by atoms with Crippen LogP contribution in [0.15, 0.2) is 59.6 Å². The van der Waals surface area contributed by atoms with E-state index >= 15 is 0 Å². The molecule has 0 bridgehead atoms. The molecule has 2 aromatic carbocycles. The number of hydrogen-bond acceptors (Lipinski definition) is 2. The Morgan fingerprint density at radius 1 is 1.05 bits per heavy atom. The zero-order chi connectivity index (χ0) is 14.1. The molecule has 0 fully saturated rings. The summed E-state index contributed by atoms with van der Waals surface area (Å²) in [5.74, 6) is 0. The molecular formula is C16H15N3S. The fourth-order valence-electron chi connectivity index (χ4n) is 2.37. The van der Waals surface area contributed by atoms with Crippen molar-refractivity contribution < 1.29 is 4.68 Å². The van der Waals surface area contributed by atoms with Crippen molar-refractivity contribution in [1.82, 2.24) is 4.68 Å². The molecule has 1 heterocycles. The van der Waals surface area contributed by atoms with Crippen molar-refractivity contribution in [3.8, 4) is 0 Å². The minimum atomic E-state index is 0.607. The highest BCUT2D eigenvalue weighted by molar-refractivity contribution is 7.78. The van der Waals surface area contributed by atoms with E-state index in [4.69, 9.17) is 12.6 Å². The molecule has 3 aromatic rings. The fourth-order valence-corrected chi connectivity index (χ4v) is 2.72. The van der Waals surface area contributed by atoms with Crippen molar-refractivity contribution in [3.63, 3.8) is 0 Å². The largest absolute Gasteiger partial charge is 0.754 e. The number of rotatable bonds is 2. The maximum atomic E-state index is 5.53. The molecule has 3 rings (SSSR count). The predicted molar refractivity (Wildman–Crippen MR) is 84.1 cm³/mol. The summed E-state index contributed by atoms with van der Waals surface area (Å²) in [7, 11) is 4.03. The van der Waals surface area contributed by atoms with Gasteiger partial charge in [0.2, 0.25) is 5.69 Å². The Kier molecular flexibility index (Phi) is 3.24. The first kappa shape index (κ1) is 12.8. The Hall–Kier alpha value is -2.20. The number of benzene rings is 2. The van der Waals surface area contributed by atoms with E-state index < -0.39 is 0 Å². The van der Waals surface area contributed by atoms with E-state index in [1.807, 2.05) is 61.2 Å². The molecule has 0 aliphatic heterocycles. The van der Waals surface area contributed by atoms with Gasteiger partial charge < -0.3 is 12.6 Å². The van der Waals surface area contributed by atoms with E-state index in [1.165, 1.54) is 0 Å². The molecule has 1 aromatic heterocycles. The standard InChI is InChI=1S/C16H15N3S/c1-18-14-11-7-6-10-13(14)15(19(18)2)16(20)17-12-8-4-3-5-9-12/h3-11H,1-2H3. The number of para-hydroxylation sites is 2. The van der Waals surface area contributed by atoms with Gasteiger partial charge in [-0.05, 0) is 29.3 Å². The molecular weight excluding hydrogens is 266 g/mol. The van der Waals surface area contributed by atoms with Gasteiger partial charge in [-0.2, -0.15) is 4.68 Å². The Morgan fingerprint density at radius 2 is 1.70 bits per heavy atom. The minimum absolute atomic E-state index is 0.607. The first-order chi connectivity index (χ1) is 9.68. The molecule has 0 saturated heterocycles. The van der Waals surface area contributed by atoms with Crippen molar-refractivity contribution in [3.05, 3.63) is 60.3 Å². The fraction of sp³-hybridized carbons (Fsp3) is 0.125. The normalized spacial score (nSPS) is 12.0. The van der Waals surface area contributed by atoms with Crippen LogP contribution < -0.4 is 4.68 Å². The first-order valence-electron chi connectivity index (χ1n) is 6.43. The highest BCUT2D eigenvalue weighted by Gasteiger charge is 2.18. The highest BCUT2D eigenvalue weighted by Crippen LogP contribution is 2.18. The van der Waals surface area contributed by atoms with Gasteiger partial charge in [0, 0.05) is 0 Å². The van der Waals surface area contributed by atoms with Crippen LogP contribution in [0.25, 0.3) is 10.9 Å². The van der Waals surface area contributed by atoms with Crippen molar-refractivity contribution in [2.45, 2.75) is 0 Å². The molecule has 0 saturated carbocycles. The lowest BCUT2D eigenvalue weighted by atomic mass is 10.2. The summed E-state index contributed by atoms with van der Waals surface area (Å²) in [4.78, 5) is 4.55. The van der Waals surface area contributed by atoms with Gasteiger partial charge in [0.15, 0.2) is 7.05 Å². The first-order valence-corrected chi connectivity index (χ1v) is 6.84. The average molecular weight is 281 g/mol. The number of hydrogen-bond donors (Lipinski definition) is 0. The summed E-state index contributed by atoms with van der Waals surface area (Å²) >= 11 is 5.53. The second-order valence-electron chi connectivity index (χ2n) is 4.67. The van der Waals surface area contributed by atoms with E-state index in [2.05, 4.69) is 21.8 Å². The quantitative estimate of drug-likeness (QED) is 0.306. The molecule has 0 atom stereocenters. The number of aryl methyl sites for hydroxylation is 1. The summed E-state index contributed by atoms with van der Waals surface area (Å²) in [5, 5.41) is 1.73. The Morgan fingerprint density at radius 3 is 2.45 bits per heavy atom. The SMILES string of the molecule is Cn1c2ccccc2c(C([S-])=Nc2ccccc2)[n+]1C. The molecule has 0 aliphatic rings. The van der Waals surface area contributed by atoms with E-state index in [0.29, 0.717) is 5.04 Å². The van der Waals surface area contributed by atoms with Crippen LogP contribution in [-0.2, 0) is 26.7 Å². The molecule has 3 nitrogen and oxygen atoms in total. The number of aliphatic imine (C=N–C) groups is 1. The molecule has 4 heteroatoms. The van der Waals surface area contributed by atoms with Crippen LogP contribution >= 0.6 is 0 Å². The van der Waals surface area contributed by atoms with Gasteiger partial charge in [-0.1, -0.05) is 30.3 Å². The van der Waals surface area contributed by atoms with E-state index in [9.17, 15) is 0 Å². The summed E-state index contributed by atoms with van der Waals surface area (Å²) in [6, 6.07) is 18.0. The van der Waals surface area contributed by atoms with Gasteiger partial charge in [0.25, 0.3) is 0 Å². The molecule has 20 heavy (non-hydrogen) atoms. The van der Waals surface area contributed by atoms with Crippen LogP contribution in [0.3, 0.4) is 0 Å². The average Bonchev–Trinajstić information content (AvgIpc) is 2.72. The summed E-state index contributed by atoms with van der Waals surface area (Å²) in [5.41, 5.74) is 3.00. The van der Waals surface area contributed by atoms with E-state index in [1.54, 1.807) is 0 Å². The lowest BCUT2D eigenvalue weighted by Crippen LogP contribution is -2.42. The minimum Gasteiger partial charge on any atom is -0.754 e. The van der Waals surface area contributed by atoms with Crippen molar-refractivity contribution in [2.75, 3.05) is 0 Å². The number of aromatic nitrogens is 2. The Balaban J connectivity index is 2.20. The van der Waals surface area contributed by atoms with Crippen molar-refractivity contribution in [2.24, 2.45) is 19.1 Å². The van der Waals surface area contributed by atoms with Gasteiger partial charge >= 0.3 is 0 Å².